The van der Waals surface area contributed by atoms with Gasteiger partial charge in [-0.3, -0.25) is 14.2 Å². The van der Waals surface area contributed by atoms with Crippen LogP contribution in [0, 0.1) is 0 Å². The molecule has 0 amide bonds. The van der Waals surface area contributed by atoms with E-state index < -0.39 is 22.8 Å². The second-order valence-electron chi connectivity index (χ2n) is 5.04. The van der Waals surface area contributed by atoms with Crippen molar-refractivity contribution in [3.63, 3.8) is 0 Å². The molecular weight excluding hydrogens is 236 g/mol. The number of nitrogens with zero attached hydrogens (tertiary/aromatic N) is 2. The summed E-state index contributed by atoms with van der Waals surface area (Å²) in [5.41, 5.74) is -1.42. The Balaban J connectivity index is 2.76. The Bertz CT molecular complexity index is 548. The molecule has 0 unspecified atom stereocenters. The summed E-state index contributed by atoms with van der Waals surface area (Å²) in [6.07, 6.45) is 1.39. The minimum absolute atomic E-state index is 0.00354. The van der Waals surface area contributed by atoms with Gasteiger partial charge in [0.25, 0.3) is 5.56 Å². The van der Waals surface area contributed by atoms with Crippen molar-refractivity contribution in [1.29, 1.82) is 0 Å². The number of hydrogen-bond donors (Lipinski definition) is 0. The highest BCUT2D eigenvalue weighted by Crippen LogP contribution is 2.08. The Morgan fingerprint density at radius 2 is 1.94 bits per heavy atom. The molecule has 1 rings (SSSR count). The van der Waals surface area contributed by atoms with Gasteiger partial charge in [0.15, 0.2) is 0 Å². The lowest BCUT2D eigenvalue weighted by molar-refractivity contribution is -0.155. The third-order valence-electron chi connectivity index (χ3n) is 2.20. The second-order valence-corrected chi connectivity index (χ2v) is 5.04. The van der Waals surface area contributed by atoms with Gasteiger partial charge in [-0.1, -0.05) is 0 Å². The molecule has 0 fully saturated rings. The van der Waals surface area contributed by atoms with E-state index in [1.807, 2.05) is 0 Å². The van der Waals surface area contributed by atoms with Crippen LogP contribution >= 0.6 is 0 Å². The van der Waals surface area contributed by atoms with Crippen molar-refractivity contribution in [3.05, 3.63) is 33.1 Å². The van der Waals surface area contributed by atoms with Crippen LogP contribution in [0.25, 0.3) is 0 Å². The molecule has 0 aromatic carbocycles. The molecule has 100 valence electrons. The Hall–Kier alpha value is -1.85. The zero-order valence-corrected chi connectivity index (χ0v) is 11.1. The third-order valence-corrected chi connectivity index (χ3v) is 2.20. The van der Waals surface area contributed by atoms with Gasteiger partial charge in [0.2, 0.25) is 0 Å². The fraction of sp³-hybridized carbons (Fsp3) is 0.583. The molecule has 6 nitrogen and oxygen atoms in total. The summed E-state index contributed by atoms with van der Waals surface area (Å²) in [5.74, 6) is -0.430. The van der Waals surface area contributed by atoms with Gasteiger partial charge in [0, 0.05) is 25.9 Å². The number of carbonyl (C=O) groups excluding carboxylic acids is 1. The maximum absolute atomic E-state index is 11.7. The molecule has 0 atom stereocenters. The van der Waals surface area contributed by atoms with Crippen LogP contribution in [0.1, 0.15) is 27.2 Å². The van der Waals surface area contributed by atoms with Gasteiger partial charge in [-0.05, 0) is 20.8 Å². The van der Waals surface area contributed by atoms with Crippen LogP contribution < -0.4 is 11.2 Å². The Labute approximate surface area is 105 Å². The van der Waals surface area contributed by atoms with Crippen molar-refractivity contribution in [3.8, 4) is 0 Å². The summed E-state index contributed by atoms with van der Waals surface area (Å²) in [5, 5.41) is 0. The van der Waals surface area contributed by atoms with Gasteiger partial charge >= 0.3 is 11.7 Å². The van der Waals surface area contributed by atoms with Crippen LogP contribution in [-0.2, 0) is 23.1 Å². The van der Waals surface area contributed by atoms with Gasteiger partial charge in [-0.25, -0.2) is 4.79 Å². The van der Waals surface area contributed by atoms with Crippen LogP contribution in [0.4, 0.5) is 0 Å². The molecule has 0 bridgehead atoms. The maximum Gasteiger partial charge on any atom is 0.330 e. The number of esters is 1. The van der Waals surface area contributed by atoms with Crippen LogP contribution in [-0.4, -0.2) is 20.7 Å². The Kier molecular flexibility index (Phi) is 4.11. The fourth-order valence-corrected chi connectivity index (χ4v) is 1.42. The standard InChI is InChI=1S/C12H18N2O4/c1-12(2,3)18-10(16)6-8-14-9(15)5-7-13(4)11(14)17/h5,7H,6,8H2,1-4H3. The first-order valence-corrected chi connectivity index (χ1v) is 5.69. The van der Waals surface area contributed by atoms with Crippen molar-refractivity contribution in [2.45, 2.75) is 39.3 Å². The molecule has 0 saturated heterocycles. The molecule has 0 aliphatic heterocycles. The zero-order valence-electron chi connectivity index (χ0n) is 11.1. The molecular formula is C12H18N2O4. The number of hydrogen-bond acceptors (Lipinski definition) is 4. The topological polar surface area (TPSA) is 70.3 Å². The highest BCUT2D eigenvalue weighted by Gasteiger charge is 2.16. The summed E-state index contributed by atoms with van der Waals surface area (Å²) >= 11 is 0. The molecule has 1 aromatic rings. The number of aryl methyl sites for hydroxylation is 1. The van der Waals surface area contributed by atoms with E-state index in [1.165, 1.54) is 16.8 Å². The quantitative estimate of drug-likeness (QED) is 0.726. The van der Waals surface area contributed by atoms with E-state index in [2.05, 4.69) is 0 Å². The van der Waals surface area contributed by atoms with Crippen molar-refractivity contribution in [2.75, 3.05) is 0 Å². The molecule has 1 heterocycles. The van der Waals surface area contributed by atoms with Crippen molar-refractivity contribution >= 4 is 5.97 Å². The number of aromatic nitrogens is 2. The Morgan fingerprint density at radius 3 is 2.50 bits per heavy atom. The first kappa shape index (κ1) is 14.2. The summed E-state index contributed by atoms with van der Waals surface area (Å²) in [4.78, 5) is 34.6. The molecule has 0 saturated carbocycles. The van der Waals surface area contributed by atoms with E-state index in [1.54, 1.807) is 27.8 Å². The number of ether oxygens (including phenoxy) is 1. The van der Waals surface area contributed by atoms with Gasteiger partial charge in [-0.15, -0.1) is 0 Å². The van der Waals surface area contributed by atoms with Crippen LogP contribution in [0.5, 0.6) is 0 Å². The van der Waals surface area contributed by atoms with Crippen LogP contribution in [0.2, 0.25) is 0 Å². The van der Waals surface area contributed by atoms with Crippen molar-refractivity contribution in [2.24, 2.45) is 7.05 Å². The predicted molar refractivity (Wildman–Crippen MR) is 66.4 cm³/mol. The monoisotopic (exact) mass is 254 g/mol. The largest absolute Gasteiger partial charge is 0.460 e. The van der Waals surface area contributed by atoms with Gasteiger partial charge in [-0.2, -0.15) is 0 Å². The maximum atomic E-state index is 11.7. The molecule has 0 aliphatic carbocycles. The Morgan fingerprint density at radius 1 is 1.33 bits per heavy atom. The third kappa shape index (κ3) is 3.87. The SMILES string of the molecule is Cn1ccc(=O)n(CCC(=O)OC(C)(C)C)c1=O. The minimum Gasteiger partial charge on any atom is -0.460 e. The lowest BCUT2D eigenvalue weighted by atomic mass is 10.2. The molecule has 0 radical (unpaired) electrons. The van der Waals surface area contributed by atoms with Crippen LogP contribution in [0.3, 0.4) is 0 Å². The summed E-state index contributed by atoms with van der Waals surface area (Å²) in [6, 6.07) is 1.29. The average molecular weight is 254 g/mol. The number of carbonyl (C=O) groups is 1. The first-order valence-electron chi connectivity index (χ1n) is 5.69. The minimum atomic E-state index is -0.566. The lowest BCUT2D eigenvalue weighted by Gasteiger charge is -2.19. The summed E-state index contributed by atoms with van der Waals surface area (Å²) < 4.78 is 7.41. The van der Waals surface area contributed by atoms with Crippen LogP contribution in [0.15, 0.2) is 21.9 Å². The molecule has 0 spiro atoms. The summed E-state index contributed by atoms with van der Waals surface area (Å²) in [6.45, 7) is 5.32. The van der Waals surface area contributed by atoms with Crippen molar-refractivity contribution < 1.29 is 9.53 Å². The highest BCUT2D eigenvalue weighted by molar-refractivity contribution is 5.69. The molecule has 0 N–H and O–H groups in total. The summed E-state index contributed by atoms with van der Waals surface area (Å²) in [7, 11) is 1.55. The van der Waals surface area contributed by atoms with Crippen molar-refractivity contribution in [1.82, 2.24) is 9.13 Å². The van der Waals surface area contributed by atoms with Gasteiger partial charge in [0.1, 0.15) is 5.60 Å². The molecule has 0 aliphatic rings. The van der Waals surface area contributed by atoms with E-state index in [0.717, 1.165) is 4.57 Å². The average Bonchev–Trinajstić information content (AvgIpc) is 2.21. The normalized spacial score (nSPS) is 11.3. The van der Waals surface area contributed by atoms with E-state index in [9.17, 15) is 14.4 Å². The van der Waals surface area contributed by atoms with E-state index in [-0.39, 0.29) is 13.0 Å². The highest BCUT2D eigenvalue weighted by atomic mass is 16.6. The fourth-order valence-electron chi connectivity index (χ4n) is 1.42. The second kappa shape index (κ2) is 5.20. The zero-order chi connectivity index (χ0) is 13.9. The molecule has 1 aromatic heterocycles. The molecule has 18 heavy (non-hydrogen) atoms. The lowest BCUT2D eigenvalue weighted by Crippen LogP contribution is -2.38. The first-order chi connectivity index (χ1) is 8.20. The molecule has 6 heteroatoms. The smallest absolute Gasteiger partial charge is 0.330 e. The van der Waals surface area contributed by atoms with E-state index in [4.69, 9.17) is 4.74 Å². The number of rotatable bonds is 3. The predicted octanol–water partition coefficient (Wildman–Crippen LogP) is 0.279. The van der Waals surface area contributed by atoms with E-state index in [0.29, 0.717) is 0 Å². The van der Waals surface area contributed by atoms with Gasteiger partial charge in [0.05, 0.1) is 6.42 Å². The van der Waals surface area contributed by atoms with E-state index >= 15 is 0 Å². The van der Waals surface area contributed by atoms with Gasteiger partial charge < -0.3 is 9.30 Å².